The molecule has 1 aromatic heterocycles. The molecule has 4 heteroatoms. The van der Waals surface area contributed by atoms with Gasteiger partial charge < -0.3 is 5.32 Å². The van der Waals surface area contributed by atoms with Crippen LogP contribution in [0.15, 0.2) is 18.2 Å². The number of nitrogens with zero attached hydrogens (tertiary/aromatic N) is 1. The second-order valence-electron chi connectivity index (χ2n) is 5.78. The second kappa shape index (κ2) is 6.86. The van der Waals surface area contributed by atoms with E-state index in [0.29, 0.717) is 0 Å². The molecule has 2 aromatic rings. The molecule has 1 aliphatic heterocycles. The summed E-state index contributed by atoms with van der Waals surface area (Å²) in [5.41, 5.74) is 1.21. The third-order valence-corrected chi connectivity index (χ3v) is 5.34. The van der Waals surface area contributed by atoms with E-state index >= 15 is 0 Å². The molecular formula is C17H23FN2S. The molecule has 3 rings (SSSR count). The molecule has 0 saturated carbocycles. The van der Waals surface area contributed by atoms with Gasteiger partial charge in [-0.15, -0.1) is 11.3 Å². The maximum absolute atomic E-state index is 14.3. The Labute approximate surface area is 130 Å². The molecule has 0 atom stereocenters. The van der Waals surface area contributed by atoms with Crippen LogP contribution in [0.3, 0.4) is 0 Å². The number of fused-ring (bicyclic) bond motifs is 1. The lowest BCUT2D eigenvalue weighted by Crippen LogP contribution is -2.20. The van der Waals surface area contributed by atoms with Crippen LogP contribution >= 0.6 is 11.3 Å². The zero-order valence-electron chi connectivity index (χ0n) is 12.6. The minimum absolute atomic E-state index is 0.0697. The summed E-state index contributed by atoms with van der Waals surface area (Å²) >= 11 is 1.74. The third-order valence-electron chi connectivity index (χ3n) is 4.14. The molecule has 1 N–H and O–H groups in total. The van der Waals surface area contributed by atoms with E-state index in [1.165, 1.54) is 23.3 Å². The van der Waals surface area contributed by atoms with Crippen LogP contribution in [0.2, 0.25) is 0 Å². The van der Waals surface area contributed by atoms with E-state index < -0.39 is 0 Å². The Kier molecular flexibility index (Phi) is 4.88. The lowest BCUT2D eigenvalue weighted by molar-refractivity contribution is 0.331. The van der Waals surface area contributed by atoms with Crippen LogP contribution in [-0.2, 0) is 13.1 Å². The SMILES string of the molecule is CCCNCc1sc2cccc(F)c2c1CN1CCCC1. The van der Waals surface area contributed by atoms with Crippen LogP contribution < -0.4 is 5.32 Å². The first-order valence-electron chi connectivity index (χ1n) is 7.91. The standard InChI is InChI=1S/C17H23FN2S/c1-2-8-19-11-16-13(12-20-9-3-4-10-20)17-14(18)6-5-7-15(17)21-16/h5-7,19H,2-4,8-12H2,1H3. The summed E-state index contributed by atoms with van der Waals surface area (Å²) in [6.07, 6.45) is 3.67. The van der Waals surface area contributed by atoms with Gasteiger partial charge >= 0.3 is 0 Å². The Morgan fingerprint density at radius 1 is 1.29 bits per heavy atom. The molecular weight excluding hydrogens is 283 g/mol. The number of hydrogen-bond acceptors (Lipinski definition) is 3. The number of thiophene rings is 1. The largest absolute Gasteiger partial charge is 0.312 e. The number of hydrogen-bond donors (Lipinski definition) is 1. The molecule has 0 unspecified atom stereocenters. The fourth-order valence-electron chi connectivity index (χ4n) is 3.07. The van der Waals surface area contributed by atoms with Crippen molar-refractivity contribution in [2.45, 2.75) is 39.3 Å². The van der Waals surface area contributed by atoms with Crippen molar-refractivity contribution in [1.29, 1.82) is 0 Å². The fourth-order valence-corrected chi connectivity index (χ4v) is 4.27. The molecule has 1 aliphatic rings. The summed E-state index contributed by atoms with van der Waals surface area (Å²) < 4.78 is 15.4. The van der Waals surface area contributed by atoms with Crippen LogP contribution in [0.25, 0.3) is 10.1 Å². The van der Waals surface area contributed by atoms with Crippen LogP contribution in [0.1, 0.15) is 36.6 Å². The van der Waals surface area contributed by atoms with Gasteiger partial charge in [0.1, 0.15) is 5.82 Å². The summed E-state index contributed by atoms with van der Waals surface area (Å²) in [6, 6.07) is 5.45. The highest BCUT2D eigenvalue weighted by molar-refractivity contribution is 7.19. The fraction of sp³-hybridized carbons (Fsp3) is 0.529. The second-order valence-corrected chi connectivity index (χ2v) is 6.91. The van der Waals surface area contributed by atoms with Crippen LogP contribution in [0.4, 0.5) is 4.39 Å². The molecule has 2 nitrogen and oxygen atoms in total. The molecule has 114 valence electrons. The monoisotopic (exact) mass is 306 g/mol. The first kappa shape index (κ1) is 14.9. The van der Waals surface area contributed by atoms with Gasteiger partial charge in [-0.25, -0.2) is 4.39 Å². The quantitative estimate of drug-likeness (QED) is 0.807. The average molecular weight is 306 g/mol. The molecule has 1 saturated heterocycles. The van der Waals surface area contributed by atoms with Crippen molar-refractivity contribution >= 4 is 21.4 Å². The van der Waals surface area contributed by atoms with Crippen molar-refractivity contribution in [1.82, 2.24) is 10.2 Å². The van der Waals surface area contributed by atoms with Gasteiger partial charge in [0.2, 0.25) is 0 Å². The van der Waals surface area contributed by atoms with Gasteiger partial charge in [0, 0.05) is 28.1 Å². The maximum atomic E-state index is 14.3. The van der Waals surface area contributed by atoms with Gasteiger partial charge in [-0.05, 0) is 56.6 Å². The van der Waals surface area contributed by atoms with Crippen molar-refractivity contribution in [2.75, 3.05) is 19.6 Å². The molecule has 0 amide bonds. The van der Waals surface area contributed by atoms with Crippen LogP contribution in [-0.4, -0.2) is 24.5 Å². The minimum atomic E-state index is -0.0697. The van der Waals surface area contributed by atoms with Gasteiger partial charge in [-0.3, -0.25) is 4.90 Å². The minimum Gasteiger partial charge on any atom is -0.312 e. The van der Waals surface area contributed by atoms with E-state index in [0.717, 1.165) is 49.2 Å². The number of halogens is 1. The Morgan fingerprint density at radius 3 is 2.86 bits per heavy atom. The third kappa shape index (κ3) is 3.28. The summed E-state index contributed by atoms with van der Waals surface area (Å²) in [6.45, 7) is 7.23. The highest BCUT2D eigenvalue weighted by atomic mass is 32.1. The van der Waals surface area contributed by atoms with E-state index in [1.807, 2.05) is 12.1 Å². The van der Waals surface area contributed by atoms with Crippen molar-refractivity contribution in [3.63, 3.8) is 0 Å². The zero-order chi connectivity index (χ0) is 14.7. The molecule has 0 aliphatic carbocycles. The highest BCUT2D eigenvalue weighted by Gasteiger charge is 2.19. The van der Waals surface area contributed by atoms with Crippen molar-refractivity contribution in [3.05, 3.63) is 34.5 Å². The van der Waals surface area contributed by atoms with E-state index in [9.17, 15) is 4.39 Å². The number of rotatable bonds is 6. The van der Waals surface area contributed by atoms with Crippen molar-refractivity contribution in [2.24, 2.45) is 0 Å². The van der Waals surface area contributed by atoms with Crippen molar-refractivity contribution < 1.29 is 4.39 Å². The number of nitrogens with one attached hydrogen (secondary N) is 1. The Balaban J connectivity index is 1.93. The topological polar surface area (TPSA) is 15.3 Å². The molecule has 1 aromatic carbocycles. The Hall–Kier alpha value is -0.970. The first-order valence-corrected chi connectivity index (χ1v) is 8.73. The average Bonchev–Trinajstić information content (AvgIpc) is 3.09. The van der Waals surface area contributed by atoms with Gasteiger partial charge in [0.15, 0.2) is 0 Å². The Bertz CT molecular complexity index is 602. The van der Waals surface area contributed by atoms with Crippen LogP contribution in [0.5, 0.6) is 0 Å². The van der Waals surface area contributed by atoms with Crippen LogP contribution in [0, 0.1) is 5.82 Å². The highest BCUT2D eigenvalue weighted by Crippen LogP contribution is 2.34. The zero-order valence-corrected chi connectivity index (χ0v) is 13.4. The van der Waals surface area contributed by atoms with E-state index in [4.69, 9.17) is 0 Å². The summed E-state index contributed by atoms with van der Waals surface area (Å²) in [4.78, 5) is 3.76. The maximum Gasteiger partial charge on any atom is 0.132 e. The molecule has 0 spiro atoms. The predicted molar refractivity (Wildman–Crippen MR) is 88.3 cm³/mol. The lowest BCUT2D eigenvalue weighted by atomic mass is 10.1. The van der Waals surface area contributed by atoms with E-state index in [2.05, 4.69) is 17.1 Å². The molecule has 2 heterocycles. The van der Waals surface area contributed by atoms with Crippen molar-refractivity contribution in [3.8, 4) is 0 Å². The van der Waals surface area contributed by atoms with Gasteiger partial charge in [-0.1, -0.05) is 13.0 Å². The first-order chi connectivity index (χ1) is 10.3. The smallest absolute Gasteiger partial charge is 0.132 e. The lowest BCUT2D eigenvalue weighted by Gasteiger charge is -2.16. The molecule has 0 radical (unpaired) electrons. The summed E-state index contributed by atoms with van der Waals surface area (Å²) in [5.74, 6) is -0.0697. The number of benzene rings is 1. The Morgan fingerprint density at radius 2 is 2.10 bits per heavy atom. The van der Waals surface area contributed by atoms with E-state index in [1.54, 1.807) is 17.4 Å². The van der Waals surface area contributed by atoms with Gasteiger partial charge in [0.25, 0.3) is 0 Å². The molecule has 0 bridgehead atoms. The molecule has 1 fully saturated rings. The number of likely N-dealkylation sites (tertiary alicyclic amines) is 1. The normalized spacial score (nSPS) is 16.1. The summed E-state index contributed by atoms with van der Waals surface area (Å²) in [7, 11) is 0. The molecule has 21 heavy (non-hydrogen) atoms. The van der Waals surface area contributed by atoms with E-state index in [-0.39, 0.29) is 5.82 Å². The predicted octanol–water partition coefficient (Wildman–Crippen LogP) is 4.14. The summed E-state index contributed by atoms with van der Waals surface area (Å²) in [5, 5.41) is 4.32. The van der Waals surface area contributed by atoms with Gasteiger partial charge in [0.05, 0.1) is 0 Å². The van der Waals surface area contributed by atoms with Gasteiger partial charge in [-0.2, -0.15) is 0 Å².